The van der Waals surface area contributed by atoms with E-state index in [1.165, 1.54) is 11.8 Å². The largest absolute Gasteiger partial charge is 0.481 e. The molecular formula is C13H20N2O4S2. The summed E-state index contributed by atoms with van der Waals surface area (Å²) in [6, 6.07) is 0. The topological polar surface area (TPSA) is 89.3 Å². The van der Waals surface area contributed by atoms with Gasteiger partial charge < -0.3 is 9.67 Å². The molecule has 8 heteroatoms. The maximum Gasteiger partial charge on any atom is 0.313 e. The van der Waals surface area contributed by atoms with Crippen molar-refractivity contribution < 1.29 is 18.3 Å². The third-order valence-corrected chi connectivity index (χ3v) is 6.35. The standard InChI is InChI=1S/C13H20N2O4S2/c1-9(2)11-5-14-13(20-7-12(16)17)15(11)6-10-3-4-21(18,19)8-10/h5,9-10H,3-4,6-8H2,1-2H3,(H,16,17). The second kappa shape index (κ2) is 6.39. The van der Waals surface area contributed by atoms with Crippen LogP contribution >= 0.6 is 11.8 Å². The second-order valence-corrected chi connectivity index (χ2v) is 8.85. The molecule has 2 rings (SSSR count). The Bertz CT molecular complexity index is 622. The third-order valence-electron chi connectivity index (χ3n) is 3.53. The average Bonchev–Trinajstić information content (AvgIpc) is 2.91. The molecule has 0 spiro atoms. The minimum Gasteiger partial charge on any atom is -0.481 e. The second-order valence-electron chi connectivity index (χ2n) is 5.68. The van der Waals surface area contributed by atoms with Crippen molar-refractivity contribution in [2.24, 2.45) is 5.92 Å². The fourth-order valence-corrected chi connectivity index (χ4v) is 5.10. The molecule has 1 aromatic rings. The number of carboxylic acids is 1. The highest BCUT2D eigenvalue weighted by atomic mass is 32.2. The molecule has 21 heavy (non-hydrogen) atoms. The SMILES string of the molecule is CC(C)c1cnc(SCC(=O)O)n1CC1CCS(=O)(=O)C1. The Morgan fingerprint density at radius 3 is 2.81 bits per heavy atom. The van der Waals surface area contributed by atoms with Gasteiger partial charge in [-0.05, 0) is 18.3 Å². The molecule has 0 aromatic carbocycles. The van der Waals surface area contributed by atoms with Gasteiger partial charge in [0.25, 0.3) is 0 Å². The van der Waals surface area contributed by atoms with Crippen LogP contribution in [0.25, 0.3) is 0 Å². The monoisotopic (exact) mass is 332 g/mol. The predicted octanol–water partition coefficient (Wildman–Crippen LogP) is 1.62. The molecule has 0 aliphatic carbocycles. The van der Waals surface area contributed by atoms with Crippen molar-refractivity contribution in [1.82, 2.24) is 9.55 Å². The molecule has 1 N–H and O–H groups in total. The van der Waals surface area contributed by atoms with E-state index >= 15 is 0 Å². The molecule has 1 fully saturated rings. The van der Waals surface area contributed by atoms with E-state index in [-0.39, 0.29) is 29.1 Å². The Labute approximate surface area is 128 Å². The zero-order valence-electron chi connectivity index (χ0n) is 12.2. The number of imidazole rings is 1. The lowest BCUT2D eigenvalue weighted by Gasteiger charge is -2.16. The summed E-state index contributed by atoms with van der Waals surface area (Å²) in [5, 5.41) is 9.46. The van der Waals surface area contributed by atoms with E-state index in [1.807, 2.05) is 18.4 Å². The highest BCUT2D eigenvalue weighted by Gasteiger charge is 2.29. The van der Waals surface area contributed by atoms with Crippen molar-refractivity contribution in [1.29, 1.82) is 0 Å². The Kier molecular flexibility index (Phi) is 4.98. The number of aromatic nitrogens is 2. The van der Waals surface area contributed by atoms with E-state index in [0.717, 1.165) is 5.69 Å². The number of rotatable bonds is 6. The van der Waals surface area contributed by atoms with Crippen LogP contribution in [0, 0.1) is 5.92 Å². The van der Waals surface area contributed by atoms with Crippen LogP contribution in [0.2, 0.25) is 0 Å². The van der Waals surface area contributed by atoms with Gasteiger partial charge >= 0.3 is 5.97 Å². The number of hydrogen-bond donors (Lipinski definition) is 1. The van der Waals surface area contributed by atoms with Crippen molar-refractivity contribution in [3.8, 4) is 0 Å². The molecule has 0 radical (unpaired) electrons. The zero-order chi connectivity index (χ0) is 15.6. The fourth-order valence-electron chi connectivity index (χ4n) is 2.53. The molecule has 6 nitrogen and oxygen atoms in total. The van der Waals surface area contributed by atoms with Crippen LogP contribution in [0.15, 0.2) is 11.4 Å². The van der Waals surface area contributed by atoms with E-state index in [1.54, 1.807) is 6.20 Å². The summed E-state index contributed by atoms with van der Waals surface area (Å²) in [6.45, 7) is 4.68. The lowest BCUT2D eigenvalue weighted by Crippen LogP contribution is -2.16. The summed E-state index contributed by atoms with van der Waals surface area (Å²) in [5.41, 5.74) is 1.02. The van der Waals surface area contributed by atoms with Crippen LogP contribution in [0.1, 0.15) is 31.9 Å². The van der Waals surface area contributed by atoms with Crippen molar-refractivity contribution >= 4 is 27.6 Å². The lowest BCUT2D eigenvalue weighted by molar-refractivity contribution is -0.133. The minimum atomic E-state index is -2.90. The smallest absolute Gasteiger partial charge is 0.313 e. The first-order chi connectivity index (χ1) is 9.78. The first-order valence-electron chi connectivity index (χ1n) is 6.89. The summed E-state index contributed by atoms with van der Waals surface area (Å²) >= 11 is 1.18. The van der Waals surface area contributed by atoms with Crippen LogP contribution in [0.3, 0.4) is 0 Å². The minimum absolute atomic E-state index is 0.0441. The number of hydrogen-bond acceptors (Lipinski definition) is 5. The predicted molar refractivity (Wildman–Crippen MR) is 81.4 cm³/mol. The number of carbonyl (C=O) groups is 1. The number of aliphatic carboxylic acids is 1. The highest BCUT2D eigenvalue weighted by Crippen LogP contribution is 2.27. The number of carboxylic acid groups (broad SMARTS) is 1. The molecule has 0 bridgehead atoms. The third kappa shape index (κ3) is 4.23. The first-order valence-corrected chi connectivity index (χ1v) is 9.69. The molecule has 1 aromatic heterocycles. The van der Waals surface area contributed by atoms with Crippen LogP contribution in [-0.2, 0) is 21.2 Å². The van der Waals surface area contributed by atoms with Crippen molar-refractivity contribution in [3.05, 3.63) is 11.9 Å². The molecule has 1 aliphatic heterocycles. The summed E-state index contributed by atoms with van der Waals surface area (Å²) in [7, 11) is -2.90. The molecule has 1 saturated heterocycles. The summed E-state index contributed by atoms with van der Waals surface area (Å²) in [4.78, 5) is 15.0. The van der Waals surface area contributed by atoms with Gasteiger partial charge in [-0.2, -0.15) is 0 Å². The van der Waals surface area contributed by atoms with Crippen molar-refractivity contribution in [2.45, 2.75) is 37.9 Å². The molecule has 2 heterocycles. The average molecular weight is 332 g/mol. The Morgan fingerprint density at radius 2 is 2.29 bits per heavy atom. The molecule has 1 unspecified atom stereocenters. The molecule has 118 valence electrons. The Balaban J connectivity index is 2.18. The van der Waals surface area contributed by atoms with Crippen LogP contribution < -0.4 is 0 Å². The quantitative estimate of drug-likeness (QED) is 0.796. The van der Waals surface area contributed by atoms with Gasteiger partial charge in [-0.15, -0.1) is 0 Å². The van der Waals surface area contributed by atoms with Crippen LogP contribution in [0.5, 0.6) is 0 Å². The van der Waals surface area contributed by atoms with Crippen molar-refractivity contribution in [3.63, 3.8) is 0 Å². The zero-order valence-corrected chi connectivity index (χ0v) is 13.8. The maximum absolute atomic E-state index is 11.6. The van der Waals surface area contributed by atoms with Gasteiger partial charge in [-0.1, -0.05) is 25.6 Å². The van der Waals surface area contributed by atoms with E-state index < -0.39 is 15.8 Å². The van der Waals surface area contributed by atoms with Gasteiger partial charge in [0.05, 0.1) is 17.3 Å². The molecule has 0 amide bonds. The van der Waals surface area contributed by atoms with E-state index in [0.29, 0.717) is 18.1 Å². The summed E-state index contributed by atoms with van der Waals surface area (Å²) < 4.78 is 25.2. The summed E-state index contributed by atoms with van der Waals surface area (Å²) in [5.74, 6) is -0.116. The van der Waals surface area contributed by atoms with Gasteiger partial charge in [0.1, 0.15) is 0 Å². The van der Waals surface area contributed by atoms with Gasteiger partial charge in [0, 0.05) is 18.4 Å². The van der Waals surface area contributed by atoms with Gasteiger partial charge in [-0.3, -0.25) is 4.79 Å². The van der Waals surface area contributed by atoms with Crippen LogP contribution in [0.4, 0.5) is 0 Å². The van der Waals surface area contributed by atoms with Gasteiger partial charge in [0.15, 0.2) is 15.0 Å². The fraction of sp³-hybridized carbons (Fsp3) is 0.692. The van der Waals surface area contributed by atoms with Crippen LogP contribution in [-0.4, -0.2) is 46.3 Å². The van der Waals surface area contributed by atoms with E-state index in [9.17, 15) is 13.2 Å². The van der Waals surface area contributed by atoms with E-state index in [2.05, 4.69) is 4.98 Å². The van der Waals surface area contributed by atoms with Crippen molar-refractivity contribution in [2.75, 3.05) is 17.3 Å². The molecule has 1 aliphatic rings. The Hall–Kier alpha value is -1.02. The Morgan fingerprint density at radius 1 is 1.57 bits per heavy atom. The summed E-state index contributed by atoms with van der Waals surface area (Å²) in [6.07, 6.45) is 2.43. The normalized spacial score (nSPS) is 21.0. The molecular weight excluding hydrogens is 312 g/mol. The van der Waals surface area contributed by atoms with Gasteiger partial charge in [-0.25, -0.2) is 13.4 Å². The highest BCUT2D eigenvalue weighted by molar-refractivity contribution is 7.99. The number of sulfone groups is 1. The maximum atomic E-state index is 11.6. The number of nitrogens with zero attached hydrogens (tertiary/aromatic N) is 2. The van der Waals surface area contributed by atoms with Gasteiger partial charge in [0.2, 0.25) is 0 Å². The molecule has 1 atom stereocenters. The number of thioether (sulfide) groups is 1. The first kappa shape index (κ1) is 16.4. The van der Waals surface area contributed by atoms with E-state index in [4.69, 9.17) is 5.11 Å². The molecule has 0 saturated carbocycles. The lowest BCUT2D eigenvalue weighted by atomic mass is 10.1.